The van der Waals surface area contributed by atoms with Gasteiger partial charge in [0, 0.05) is 36.6 Å². The van der Waals surface area contributed by atoms with E-state index in [9.17, 15) is 4.79 Å². The second-order valence-corrected chi connectivity index (χ2v) is 4.28. The minimum atomic E-state index is -0.218. The predicted octanol–water partition coefficient (Wildman–Crippen LogP) is 3.01. The van der Waals surface area contributed by atoms with Gasteiger partial charge in [0.2, 0.25) is 0 Å². The summed E-state index contributed by atoms with van der Waals surface area (Å²) in [7, 11) is 1.58. The molecule has 0 aliphatic carbocycles. The Labute approximate surface area is 117 Å². The van der Waals surface area contributed by atoms with Gasteiger partial charge in [-0.15, -0.1) is 23.2 Å². The number of alkyl halides is 2. The van der Waals surface area contributed by atoms with Crippen molar-refractivity contribution in [1.29, 1.82) is 0 Å². The van der Waals surface area contributed by atoms with Crippen LogP contribution >= 0.6 is 23.2 Å². The van der Waals surface area contributed by atoms with Gasteiger partial charge in [-0.05, 0) is 12.1 Å². The number of methoxy groups -OCH3 is 1. The lowest BCUT2D eigenvalue weighted by Crippen LogP contribution is -2.37. The summed E-state index contributed by atoms with van der Waals surface area (Å²) >= 11 is 11.3. The Morgan fingerprint density at radius 1 is 1.33 bits per heavy atom. The first-order valence-corrected chi connectivity index (χ1v) is 6.60. The average molecular weight is 291 g/mol. The van der Waals surface area contributed by atoms with Gasteiger partial charge in [-0.2, -0.15) is 0 Å². The van der Waals surface area contributed by atoms with E-state index in [1.54, 1.807) is 24.1 Å². The molecule has 0 heterocycles. The number of carbonyl (C=O) groups excluding carboxylic acids is 1. The van der Waals surface area contributed by atoms with E-state index in [4.69, 9.17) is 27.9 Å². The zero-order valence-corrected chi connectivity index (χ0v) is 11.7. The summed E-state index contributed by atoms with van der Waals surface area (Å²) in [4.78, 5) is 13.5. The van der Waals surface area contributed by atoms with E-state index >= 15 is 0 Å². The van der Waals surface area contributed by atoms with E-state index in [1.807, 2.05) is 12.1 Å². The first-order chi connectivity index (χ1) is 8.71. The SMILES string of the molecule is COc1cccc(NC(=O)N(CCCl)CCCl)c1. The third kappa shape index (κ3) is 4.63. The Kier molecular flexibility index (Phi) is 6.68. The summed E-state index contributed by atoms with van der Waals surface area (Å²) in [6, 6.07) is 6.94. The molecule has 0 atom stereocenters. The van der Waals surface area contributed by atoms with Crippen LogP contribution < -0.4 is 10.1 Å². The highest BCUT2D eigenvalue weighted by atomic mass is 35.5. The third-order valence-electron chi connectivity index (χ3n) is 2.32. The number of nitrogens with one attached hydrogen (secondary N) is 1. The minimum Gasteiger partial charge on any atom is -0.497 e. The van der Waals surface area contributed by atoms with Crippen LogP contribution in [0.4, 0.5) is 10.5 Å². The van der Waals surface area contributed by atoms with Crippen molar-refractivity contribution in [2.75, 3.05) is 37.3 Å². The number of urea groups is 1. The van der Waals surface area contributed by atoms with Crippen LogP contribution in [0.1, 0.15) is 0 Å². The second kappa shape index (κ2) is 8.06. The van der Waals surface area contributed by atoms with Gasteiger partial charge >= 0.3 is 6.03 Å². The van der Waals surface area contributed by atoms with Crippen molar-refractivity contribution in [3.63, 3.8) is 0 Å². The zero-order valence-electron chi connectivity index (χ0n) is 10.2. The molecule has 0 radical (unpaired) electrons. The van der Waals surface area contributed by atoms with E-state index in [-0.39, 0.29) is 6.03 Å². The molecule has 2 amide bonds. The fourth-order valence-electron chi connectivity index (χ4n) is 1.42. The number of halogens is 2. The lowest BCUT2D eigenvalue weighted by atomic mass is 10.3. The van der Waals surface area contributed by atoms with Crippen LogP contribution in [0.3, 0.4) is 0 Å². The zero-order chi connectivity index (χ0) is 13.4. The second-order valence-electron chi connectivity index (χ2n) is 3.53. The highest BCUT2D eigenvalue weighted by molar-refractivity contribution is 6.18. The van der Waals surface area contributed by atoms with Gasteiger partial charge in [-0.3, -0.25) is 0 Å². The molecule has 0 fully saturated rings. The van der Waals surface area contributed by atoms with Crippen molar-refractivity contribution < 1.29 is 9.53 Å². The minimum absolute atomic E-state index is 0.218. The molecule has 0 aromatic heterocycles. The van der Waals surface area contributed by atoms with Crippen molar-refractivity contribution in [2.45, 2.75) is 0 Å². The monoisotopic (exact) mass is 290 g/mol. The van der Waals surface area contributed by atoms with Crippen molar-refractivity contribution in [3.8, 4) is 5.75 Å². The Hall–Kier alpha value is -1.13. The van der Waals surface area contributed by atoms with Gasteiger partial charge in [-0.1, -0.05) is 6.07 Å². The van der Waals surface area contributed by atoms with E-state index in [0.29, 0.717) is 36.3 Å². The normalized spacial score (nSPS) is 9.94. The van der Waals surface area contributed by atoms with E-state index < -0.39 is 0 Å². The van der Waals surface area contributed by atoms with Gasteiger partial charge in [-0.25, -0.2) is 4.79 Å². The molecule has 0 unspecified atom stereocenters. The fourth-order valence-corrected chi connectivity index (χ4v) is 1.83. The lowest BCUT2D eigenvalue weighted by Gasteiger charge is -2.21. The summed E-state index contributed by atoms with van der Waals surface area (Å²) in [6.07, 6.45) is 0. The molecular formula is C12H16Cl2N2O2. The third-order valence-corrected chi connectivity index (χ3v) is 2.66. The number of hydrogen-bond donors (Lipinski definition) is 1. The number of rotatable bonds is 6. The summed E-state index contributed by atoms with van der Waals surface area (Å²) in [6.45, 7) is 0.925. The molecule has 0 saturated heterocycles. The molecule has 0 saturated carbocycles. The van der Waals surface area contributed by atoms with Crippen LogP contribution in [-0.2, 0) is 0 Å². The summed E-state index contributed by atoms with van der Waals surface area (Å²) in [5.41, 5.74) is 0.675. The summed E-state index contributed by atoms with van der Waals surface area (Å²) < 4.78 is 5.08. The van der Waals surface area contributed by atoms with Gasteiger partial charge in [0.25, 0.3) is 0 Å². The van der Waals surface area contributed by atoms with Crippen LogP contribution in [-0.4, -0.2) is 42.9 Å². The number of nitrogens with zero attached hydrogens (tertiary/aromatic N) is 1. The molecular weight excluding hydrogens is 275 g/mol. The molecule has 0 aliphatic heterocycles. The van der Waals surface area contributed by atoms with Crippen molar-refractivity contribution in [1.82, 2.24) is 4.90 Å². The molecule has 1 aromatic rings. The molecule has 0 spiro atoms. The molecule has 1 aromatic carbocycles. The summed E-state index contributed by atoms with van der Waals surface area (Å²) in [5, 5.41) is 2.78. The van der Waals surface area contributed by atoms with Crippen LogP contribution in [0.2, 0.25) is 0 Å². The molecule has 0 bridgehead atoms. The molecule has 18 heavy (non-hydrogen) atoms. The highest BCUT2D eigenvalue weighted by Gasteiger charge is 2.12. The molecule has 1 rings (SSSR count). The van der Waals surface area contributed by atoms with Crippen LogP contribution in [0.25, 0.3) is 0 Å². The Bertz CT molecular complexity index is 382. The maximum atomic E-state index is 11.9. The smallest absolute Gasteiger partial charge is 0.321 e. The van der Waals surface area contributed by atoms with E-state index in [1.165, 1.54) is 0 Å². The molecule has 4 nitrogen and oxygen atoms in total. The fraction of sp³-hybridized carbons (Fsp3) is 0.417. The topological polar surface area (TPSA) is 41.6 Å². The van der Waals surface area contributed by atoms with Crippen molar-refractivity contribution in [2.24, 2.45) is 0 Å². The van der Waals surface area contributed by atoms with Gasteiger partial charge in [0.1, 0.15) is 5.75 Å². The predicted molar refractivity (Wildman–Crippen MR) is 75.0 cm³/mol. The van der Waals surface area contributed by atoms with Crippen molar-refractivity contribution >= 4 is 34.9 Å². The molecule has 6 heteroatoms. The Balaban J connectivity index is 2.66. The number of amides is 2. The average Bonchev–Trinajstić information content (AvgIpc) is 2.38. The Morgan fingerprint density at radius 2 is 2.00 bits per heavy atom. The standard InChI is InChI=1S/C12H16Cl2N2O2/c1-18-11-4-2-3-10(9-11)15-12(17)16(7-5-13)8-6-14/h2-4,9H,5-8H2,1H3,(H,15,17). The largest absolute Gasteiger partial charge is 0.497 e. The van der Waals surface area contributed by atoms with Gasteiger partial charge in [0.05, 0.1) is 7.11 Å². The van der Waals surface area contributed by atoms with E-state index in [2.05, 4.69) is 5.32 Å². The first-order valence-electron chi connectivity index (χ1n) is 5.53. The van der Waals surface area contributed by atoms with Crippen molar-refractivity contribution in [3.05, 3.63) is 24.3 Å². The Morgan fingerprint density at radius 3 is 2.56 bits per heavy atom. The highest BCUT2D eigenvalue weighted by Crippen LogP contribution is 2.17. The first kappa shape index (κ1) is 14.9. The van der Waals surface area contributed by atoms with Crippen LogP contribution in [0.5, 0.6) is 5.75 Å². The quantitative estimate of drug-likeness (QED) is 0.819. The van der Waals surface area contributed by atoms with Gasteiger partial charge < -0.3 is 15.0 Å². The van der Waals surface area contributed by atoms with Crippen LogP contribution in [0.15, 0.2) is 24.3 Å². The van der Waals surface area contributed by atoms with Gasteiger partial charge in [0.15, 0.2) is 0 Å². The number of carbonyl (C=O) groups is 1. The lowest BCUT2D eigenvalue weighted by molar-refractivity contribution is 0.218. The number of ether oxygens (including phenoxy) is 1. The van der Waals surface area contributed by atoms with E-state index in [0.717, 1.165) is 0 Å². The molecule has 0 aliphatic rings. The maximum absolute atomic E-state index is 11.9. The number of anilines is 1. The molecule has 1 N–H and O–H groups in total. The molecule has 100 valence electrons. The van der Waals surface area contributed by atoms with Crippen LogP contribution in [0, 0.1) is 0 Å². The summed E-state index contributed by atoms with van der Waals surface area (Å²) in [5.74, 6) is 1.44. The maximum Gasteiger partial charge on any atom is 0.321 e. The number of benzene rings is 1. The number of hydrogen-bond acceptors (Lipinski definition) is 2.